The van der Waals surface area contributed by atoms with Gasteiger partial charge in [0.05, 0.1) is 4.91 Å². The van der Waals surface area contributed by atoms with Gasteiger partial charge in [0.25, 0.3) is 11.1 Å². The summed E-state index contributed by atoms with van der Waals surface area (Å²) >= 11 is 2.17. The van der Waals surface area contributed by atoms with Gasteiger partial charge in [-0.2, -0.15) is 0 Å². The van der Waals surface area contributed by atoms with Gasteiger partial charge in [0.15, 0.2) is 0 Å². The second-order valence-corrected chi connectivity index (χ2v) is 8.25. The summed E-state index contributed by atoms with van der Waals surface area (Å²) in [4.78, 5) is 38.5. The Bertz CT molecular complexity index is 935. The van der Waals surface area contributed by atoms with E-state index in [-0.39, 0.29) is 42.4 Å². The second-order valence-electron chi connectivity index (χ2n) is 6.12. The first-order chi connectivity index (χ1) is 14.0. The van der Waals surface area contributed by atoms with Gasteiger partial charge in [0, 0.05) is 30.2 Å². The van der Waals surface area contributed by atoms with Crippen LogP contribution in [0, 0.1) is 5.82 Å². The molecule has 0 saturated carbocycles. The Balaban J connectivity index is 1.42. The Labute approximate surface area is 176 Å². The molecule has 0 spiro atoms. The summed E-state index contributed by atoms with van der Waals surface area (Å²) in [5.74, 6) is -0.427. The smallest absolute Gasteiger partial charge is 0.293 e. The summed E-state index contributed by atoms with van der Waals surface area (Å²) in [5.41, 5.74) is 0.846. The number of amides is 3. The van der Waals surface area contributed by atoms with Crippen molar-refractivity contribution < 1.29 is 18.8 Å². The van der Waals surface area contributed by atoms with Crippen molar-refractivity contribution >= 4 is 46.7 Å². The summed E-state index contributed by atoms with van der Waals surface area (Å²) in [5, 5.41) is 2.35. The van der Waals surface area contributed by atoms with Crippen LogP contribution in [0.15, 0.2) is 64.4 Å². The number of imide groups is 1. The fourth-order valence-electron chi connectivity index (χ4n) is 2.60. The maximum Gasteiger partial charge on any atom is 0.293 e. The zero-order chi connectivity index (χ0) is 20.6. The number of halogens is 1. The molecule has 1 saturated heterocycles. The standard InChI is InChI=1S/C21H19FN2O3S2/c22-16-8-4-5-9-17(16)28-13-10-19(25)23-11-12-24-20(26)18(29-21(24)27)14-15-6-2-1-3-7-15/h1-9,14H,10-13H2,(H,23,25)/b18-14-. The van der Waals surface area contributed by atoms with Crippen molar-refractivity contribution in [2.75, 3.05) is 18.8 Å². The molecule has 0 atom stereocenters. The molecular formula is C21H19FN2O3S2. The van der Waals surface area contributed by atoms with Gasteiger partial charge in [0.2, 0.25) is 5.91 Å². The summed E-state index contributed by atoms with van der Waals surface area (Å²) in [6, 6.07) is 15.7. The highest BCUT2D eigenvalue weighted by Crippen LogP contribution is 2.31. The van der Waals surface area contributed by atoms with E-state index in [0.717, 1.165) is 22.2 Å². The van der Waals surface area contributed by atoms with Crippen molar-refractivity contribution in [3.8, 4) is 0 Å². The van der Waals surface area contributed by atoms with Crippen molar-refractivity contribution in [1.82, 2.24) is 10.2 Å². The van der Waals surface area contributed by atoms with Crippen molar-refractivity contribution in [3.63, 3.8) is 0 Å². The number of nitrogens with zero attached hydrogens (tertiary/aromatic N) is 1. The van der Waals surface area contributed by atoms with Crippen LogP contribution in [0.5, 0.6) is 0 Å². The molecule has 0 bridgehead atoms. The predicted octanol–water partition coefficient (Wildman–Crippen LogP) is 4.16. The maximum atomic E-state index is 13.5. The fourth-order valence-corrected chi connectivity index (χ4v) is 4.36. The normalized spacial score (nSPS) is 15.2. The molecule has 2 aromatic rings. The van der Waals surface area contributed by atoms with Crippen LogP contribution < -0.4 is 5.32 Å². The van der Waals surface area contributed by atoms with E-state index in [1.807, 2.05) is 30.3 Å². The monoisotopic (exact) mass is 430 g/mol. The van der Waals surface area contributed by atoms with E-state index in [4.69, 9.17) is 0 Å². The summed E-state index contributed by atoms with van der Waals surface area (Å²) in [6.07, 6.45) is 1.90. The molecule has 5 nitrogen and oxygen atoms in total. The van der Waals surface area contributed by atoms with E-state index in [0.29, 0.717) is 15.6 Å². The zero-order valence-corrected chi connectivity index (χ0v) is 17.1. The van der Waals surface area contributed by atoms with E-state index < -0.39 is 0 Å². The lowest BCUT2D eigenvalue weighted by atomic mass is 10.2. The number of thioether (sulfide) groups is 2. The Morgan fingerprint density at radius 2 is 1.83 bits per heavy atom. The molecule has 1 fully saturated rings. The molecule has 150 valence electrons. The molecule has 1 aliphatic heterocycles. The molecule has 0 aromatic heterocycles. The topological polar surface area (TPSA) is 66.5 Å². The number of benzene rings is 2. The van der Waals surface area contributed by atoms with Gasteiger partial charge < -0.3 is 5.32 Å². The molecule has 1 aliphatic rings. The fraction of sp³-hybridized carbons (Fsp3) is 0.190. The molecule has 0 unspecified atom stereocenters. The summed E-state index contributed by atoms with van der Waals surface area (Å²) < 4.78 is 13.5. The third kappa shape index (κ3) is 5.95. The lowest BCUT2D eigenvalue weighted by molar-refractivity contribution is -0.124. The minimum Gasteiger partial charge on any atom is -0.354 e. The first-order valence-electron chi connectivity index (χ1n) is 8.99. The van der Waals surface area contributed by atoms with E-state index in [1.165, 1.54) is 17.8 Å². The van der Waals surface area contributed by atoms with Crippen molar-refractivity contribution in [2.24, 2.45) is 0 Å². The van der Waals surface area contributed by atoms with Crippen LogP contribution in [0.4, 0.5) is 9.18 Å². The van der Waals surface area contributed by atoms with Gasteiger partial charge >= 0.3 is 0 Å². The van der Waals surface area contributed by atoms with Gasteiger partial charge in [-0.3, -0.25) is 19.3 Å². The van der Waals surface area contributed by atoms with Gasteiger partial charge in [-0.25, -0.2) is 4.39 Å². The SMILES string of the molecule is O=C(CCSc1ccccc1F)NCCN1C(=O)S/C(=C\c2ccccc2)C1=O. The first kappa shape index (κ1) is 21.1. The van der Waals surface area contributed by atoms with E-state index in [1.54, 1.807) is 24.3 Å². The van der Waals surface area contributed by atoms with Gasteiger partial charge in [-0.05, 0) is 35.5 Å². The molecule has 29 heavy (non-hydrogen) atoms. The van der Waals surface area contributed by atoms with Crippen molar-refractivity contribution in [2.45, 2.75) is 11.3 Å². The molecule has 0 radical (unpaired) electrons. The lowest BCUT2D eigenvalue weighted by Crippen LogP contribution is -2.37. The Morgan fingerprint density at radius 1 is 1.10 bits per heavy atom. The largest absolute Gasteiger partial charge is 0.354 e. The highest BCUT2D eigenvalue weighted by molar-refractivity contribution is 8.18. The molecule has 8 heteroatoms. The molecular weight excluding hydrogens is 411 g/mol. The number of hydrogen-bond donors (Lipinski definition) is 1. The van der Waals surface area contributed by atoms with E-state index in [2.05, 4.69) is 5.32 Å². The van der Waals surface area contributed by atoms with Gasteiger partial charge in [-0.1, -0.05) is 42.5 Å². The number of carbonyl (C=O) groups is 3. The minimum atomic E-state index is -0.354. The first-order valence-corrected chi connectivity index (χ1v) is 10.8. The Morgan fingerprint density at radius 3 is 2.59 bits per heavy atom. The predicted molar refractivity (Wildman–Crippen MR) is 114 cm³/mol. The van der Waals surface area contributed by atoms with Crippen LogP contribution in [0.2, 0.25) is 0 Å². The third-order valence-corrected chi connectivity index (χ3v) is 6.01. The highest BCUT2D eigenvalue weighted by atomic mass is 32.2. The summed E-state index contributed by atoms with van der Waals surface area (Å²) in [6.45, 7) is 0.294. The Kier molecular flexibility index (Phi) is 7.48. The van der Waals surface area contributed by atoms with Crippen LogP contribution in [0.25, 0.3) is 6.08 Å². The molecule has 1 heterocycles. The quantitative estimate of drug-likeness (QED) is 0.503. The van der Waals surface area contributed by atoms with Crippen LogP contribution in [0.1, 0.15) is 12.0 Å². The van der Waals surface area contributed by atoms with Crippen molar-refractivity contribution in [3.05, 3.63) is 70.9 Å². The average molecular weight is 431 g/mol. The molecule has 2 aromatic carbocycles. The van der Waals surface area contributed by atoms with E-state index >= 15 is 0 Å². The molecule has 3 rings (SSSR count). The molecule has 1 N–H and O–H groups in total. The maximum absolute atomic E-state index is 13.5. The molecule has 3 amide bonds. The zero-order valence-electron chi connectivity index (χ0n) is 15.5. The van der Waals surface area contributed by atoms with Gasteiger partial charge in [0.1, 0.15) is 5.82 Å². The lowest BCUT2D eigenvalue weighted by Gasteiger charge is -2.13. The Hall–Kier alpha value is -2.58. The van der Waals surface area contributed by atoms with Crippen LogP contribution in [-0.4, -0.2) is 40.8 Å². The van der Waals surface area contributed by atoms with Gasteiger partial charge in [-0.15, -0.1) is 11.8 Å². The number of nitrogens with one attached hydrogen (secondary N) is 1. The number of hydrogen-bond acceptors (Lipinski definition) is 5. The van der Waals surface area contributed by atoms with Crippen LogP contribution in [-0.2, 0) is 9.59 Å². The van der Waals surface area contributed by atoms with Crippen molar-refractivity contribution in [1.29, 1.82) is 0 Å². The third-order valence-electron chi connectivity index (χ3n) is 4.05. The average Bonchev–Trinajstić information content (AvgIpc) is 2.97. The van der Waals surface area contributed by atoms with E-state index in [9.17, 15) is 18.8 Å². The minimum absolute atomic E-state index is 0.114. The number of carbonyl (C=O) groups excluding carboxylic acids is 3. The second kappa shape index (κ2) is 10.3. The number of rotatable bonds is 8. The highest BCUT2D eigenvalue weighted by Gasteiger charge is 2.34. The van der Waals surface area contributed by atoms with Crippen LogP contribution >= 0.6 is 23.5 Å². The molecule has 0 aliphatic carbocycles. The summed E-state index contributed by atoms with van der Waals surface area (Å²) in [7, 11) is 0. The van der Waals surface area contributed by atoms with Crippen LogP contribution in [0.3, 0.4) is 0 Å².